The molecule has 0 radical (unpaired) electrons. The van der Waals surface area contributed by atoms with Gasteiger partial charge in [-0.1, -0.05) is 255 Å². The Hall–Kier alpha value is -9.88. The van der Waals surface area contributed by atoms with Crippen LogP contribution in [0.3, 0.4) is 0 Å². The maximum absolute atomic E-state index is 2.46. The minimum Gasteiger partial charge on any atom is -0.0622 e. The summed E-state index contributed by atoms with van der Waals surface area (Å²) < 4.78 is 0. The van der Waals surface area contributed by atoms with E-state index >= 15 is 0 Å². The van der Waals surface area contributed by atoms with Crippen molar-refractivity contribution in [2.75, 3.05) is 0 Å². The highest BCUT2D eigenvalue weighted by Gasteiger charge is 2.35. The van der Waals surface area contributed by atoms with Crippen LogP contribution in [0.15, 0.2) is 267 Å². The van der Waals surface area contributed by atoms with Crippen LogP contribution in [0.1, 0.15) is 0 Å². The second-order valence-electron chi connectivity index (χ2n) is 20.9. The molecule has 0 saturated heterocycles. The summed E-state index contributed by atoms with van der Waals surface area (Å²) in [6.45, 7) is 0. The first-order chi connectivity index (χ1) is 37.8. The second kappa shape index (κ2) is 15.8. The fourth-order valence-electron chi connectivity index (χ4n) is 14.0. The lowest BCUT2D eigenvalue weighted by atomic mass is 9.82. The molecule has 0 aromatic heterocycles. The number of rotatable bonds is 6. The van der Waals surface area contributed by atoms with Gasteiger partial charge in [-0.05, 0) is 188 Å². The van der Waals surface area contributed by atoms with Crippen LogP contribution in [-0.2, 0) is 0 Å². The molecule has 0 heterocycles. The van der Waals surface area contributed by atoms with Crippen molar-refractivity contribution in [3.05, 3.63) is 267 Å². The molecule has 0 fully saturated rings. The predicted octanol–water partition coefficient (Wildman–Crippen LogP) is 21.3. The van der Waals surface area contributed by atoms with Gasteiger partial charge in [0.05, 0.1) is 0 Å². The molecule has 0 N–H and O–H groups in total. The SMILES string of the molecule is c1ccc(-c2ccc3c(-c4ccccc4)c4c(c(-c5ccccc5)c3c2)-c2ccc3c5ccc6c7c(ccc(c8ccc-4c2c83)c75)-c2c-6c(-c3ccccc3)c3cc(-c4ccccc4)ccc3c2-c2ccccc2)cc1. The van der Waals surface area contributed by atoms with Gasteiger partial charge in [-0.25, -0.2) is 0 Å². The van der Waals surface area contributed by atoms with Crippen molar-refractivity contribution in [1.82, 2.24) is 0 Å². The molecular weight excluding hydrogens is 913 g/mol. The van der Waals surface area contributed by atoms with E-state index in [1.807, 2.05) is 0 Å². The molecule has 0 amide bonds. The van der Waals surface area contributed by atoms with Crippen LogP contribution in [0, 0.1) is 0 Å². The van der Waals surface area contributed by atoms with E-state index in [2.05, 4.69) is 267 Å². The monoisotopic (exact) mass is 956 g/mol. The molecule has 0 spiro atoms. The molecule has 0 atom stereocenters. The molecule has 0 nitrogen and oxygen atoms in total. The minimum absolute atomic E-state index is 1.22. The summed E-state index contributed by atoms with van der Waals surface area (Å²) in [5.74, 6) is 0. The van der Waals surface area contributed by atoms with Crippen LogP contribution in [0.4, 0.5) is 0 Å². The molecule has 0 aliphatic heterocycles. The van der Waals surface area contributed by atoms with E-state index in [1.54, 1.807) is 0 Å². The summed E-state index contributed by atoms with van der Waals surface area (Å²) in [5.41, 5.74) is 25.5. The molecule has 76 heavy (non-hydrogen) atoms. The van der Waals surface area contributed by atoms with E-state index in [-0.39, 0.29) is 0 Å². The standard InChI is InChI=1S/C76H44/c1-7-19-45(20-8-1)51-31-33-57-63(43-51)67(49-27-15-5-16-28-49)75-61-41-37-55-56-38-42-62-72-60(40-36-54(70(56)72)53-35-39-59(71(61)69(53)55)73(75)65(57)47-23-11-3-12-24-47)74-66(48-25-13-4-14-26-48)58-34-32-52(46-21-9-2-10-22-46)44-64(58)68(76(62)74)50-29-17-6-18-30-50/h1-44H. The van der Waals surface area contributed by atoms with Crippen LogP contribution in [0.2, 0.25) is 0 Å². The van der Waals surface area contributed by atoms with Gasteiger partial charge in [-0.2, -0.15) is 0 Å². The summed E-state index contributed by atoms with van der Waals surface area (Å²) in [4.78, 5) is 0. The second-order valence-corrected chi connectivity index (χ2v) is 20.9. The molecule has 348 valence electrons. The smallest absolute Gasteiger partial charge is 0.000740 e. The lowest BCUT2D eigenvalue weighted by Gasteiger charge is -2.21. The average molecular weight is 957 g/mol. The number of fused-ring (bicyclic) bond motifs is 10. The van der Waals surface area contributed by atoms with E-state index < -0.39 is 0 Å². The van der Waals surface area contributed by atoms with Gasteiger partial charge in [0, 0.05) is 0 Å². The molecule has 0 bridgehead atoms. The number of benzene rings is 15. The fourth-order valence-corrected chi connectivity index (χ4v) is 14.0. The zero-order valence-electron chi connectivity index (χ0n) is 41.4. The molecule has 0 saturated carbocycles. The van der Waals surface area contributed by atoms with Gasteiger partial charge in [0.25, 0.3) is 0 Å². The van der Waals surface area contributed by atoms with Crippen LogP contribution in [-0.4, -0.2) is 0 Å². The summed E-state index contributed by atoms with van der Waals surface area (Å²) >= 11 is 0. The van der Waals surface area contributed by atoms with Gasteiger partial charge < -0.3 is 0 Å². The van der Waals surface area contributed by atoms with Gasteiger partial charge >= 0.3 is 0 Å². The van der Waals surface area contributed by atoms with Crippen molar-refractivity contribution >= 4 is 64.6 Å². The van der Waals surface area contributed by atoms with Gasteiger partial charge in [0.15, 0.2) is 0 Å². The maximum atomic E-state index is 2.46. The quantitative estimate of drug-likeness (QED) is 0.115. The molecule has 2 aliphatic carbocycles. The Balaban J connectivity index is 0.985. The Morgan fingerprint density at radius 2 is 0.368 bits per heavy atom. The van der Waals surface area contributed by atoms with E-state index in [1.165, 1.54) is 176 Å². The fraction of sp³-hybridized carbons (Fsp3) is 0. The van der Waals surface area contributed by atoms with E-state index in [0.717, 1.165) is 0 Å². The van der Waals surface area contributed by atoms with Gasteiger partial charge in [-0.3, -0.25) is 0 Å². The maximum Gasteiger partial charge on any atom is -0.000740 e. The highest BCUT2D eigenvalue weighted by Crippen LogP contribution is 2.63. The largest absolute Gasteiger partial charge is 0.0622 e. The third-order valence-electron chi connectivity index (χ3n) is 17.1. The average Bonchev–Trinajstić information content (AvgIpc) is 4.13. The van der Waals surface area contributed by atoms with E-state index in [0.29, 0.717) is 0 Å². The number of hydrogen-bond acceptors (Lipinski definition) is 0. The Morgan fingerprint density at radius 1 is 0.132 bits per heavy atom. The zero-order valence-corrected chi connectivity index (χ0v) is 41.4. The summed E-state index contributed by atoms with van der Waals surface area (Å²) in [6, 6.07) is 100. The Morgan fingerprint density at radius 3 is 0.645 bits per heavy atom. The first-order valence-corrected chi connectivity index (χ1v) is 26.6. The molecule has 0 unspecified atom stereocenters. The molecule has 17 rings (SSSR count). The van der Waals surface area contributed by atoms with Crippen molar-refractivity contribution < 1.29 is 0 Å². The van der Waals surface area contributed by atoms with Crippen molar-refractivity contribution in [2.24, 2.45) is 0 Å². The van der Waals surface area contributed by atoms with Crippen LogP contribution in [0.25, 0.3) is 176 Å². The highest BCUT2D eigenvalue weighted by molar-refractivity contribution is 6.42. The summed E-state index contributed by atoms with van der Waals surface area (Å²) in [5, 5.41) is 15.7. The summed E-state index contributed by atoms with van der Waals surface area (Å²) in [6.07, 6.45) is 0. The zero-order chi connectivity index (χ0) is 49.6. The Bertz CT molecular complexity index is 4570. The highest BCUT2D eigenvalue weighted by atomic mass is 14.4. The van der Waals surface area contributed by atoms with Crippen LogP contribution < -0.4 is 0 Å². The van der Waals surface area contributed by atoms with Gasteiger partial charge in [-0.15, -0.1) is 0 Å². The first kappa shape index (κ1) is 41.6. The number of hydrogen-bond donors (Lipinski definition) is 0. The molecule has 2 aliphatic rings. The van der Waals surface area contributed by atoms with Crippen molar-refractivity contribution in [3.8, 4) is 111 Å². The topological polar surface area (TPSA) is 0 Å². The minimum atomic E-state index is 1.22. The third kappa shape index (κ3) is 5.68. The van der Waals surface area contributed by atoms with E-state index in [4.69, 9.17) is 0 Å². The summed E-state index contributed by atoms with van der Waals surface area (Å²) in [7, 11) is 0. The molecule has 15 aromatic carbocycles. The van der Waals surface area contributed by atoms with Gasteiger partial charge in [0.1, 0.15) is 0 Å². The molecule has 0 heteroatoms. The third-order valence-corrected chi connectivity index (χ3v) is 17.1. The van der Waals surface area contributed by atoms with Gasteiger partial charge in [0.2, 0.25) is 0 Å². The Kier molecular flexibility index (Phi) is 8.65. The first-order valence-electron chi connectivity index (χ1n) is 26.6. The van der Waals surface area contributed by atoms with Crippen LogP contribution >= 0.6 is 0 Å². The lowest BCUT2D eigenvalue weighted by Crippen LogP contribution is -1.94. The molecular formula is C76H44. The van der Waals surface area contributed by atoms with Crippen molar-refractivity contribution in [1.29, 1.82) is 0 Å². The van der Waals surface area contributed by atoms with Crippen LogP contribution in [0.5, 0.6) is 0 Å². The van der Waals surface area contributed by atoms with E-state index in [9.17, 15) is 0 Å². The van der Waals surface area contributed by atoms with Crippen molar-refractivity contribution in [3.63, 3.8) is 0 Å². The van der Waals surface area contributed by atoms with Crippen molar-refractivity contribution in [2.45, 2.75) is 0 Å². The lowest BCUT2D eigenvalue weighted by molar-refractivity contribution is 1.61. The molecule has 15 aromatic rings. The predicted molar refractivity (Wildman–Crippen MR) is 324 cm³/mol. The normalized spacial score (nSPS) is 12.2. The Labute approximate surface area is 440 Å².